The molecule has 5 heteroatoms. The summed E-state index contributed by atoms with van der Waals surface area (Å²) in [6, 6.07) is 13.4. The van der Waals surface area contributed by atoms with Crippen LogP contribution in [0.25, 0.3) is 11.5 Å². The molecule has 0 amide bonds. The number of rotatable bonds is 4. The van der Waals surface area contributed by atoms with Gasteiger partial charge in [-0.05, 0) is 52.0 Å². The zero-order chi connectivity index (χ0) is 18.0. The Morgan fingerprint density at radius 3 is 2.24 bits per heavy atom. The van der Waals surface area contributed by atoms with Crippen LogP contribution in [0.3, 0.4) is 0 Å². The Balaban J connectivity index is 1.74. The highest BCUT2D eigenvalue weighted by atomic mass is 16.6. The number of benzene rings is 2. The van der Waals surface area contributed by atoms with Gasteiger partial charge < -0.3 is 9.15 Å². The minimum absolute atomic E-state index is 0.272. The summed E-state index contributed by atoms with van der Waals surface area (Å²) in [5.41, 5.74) is 4.53. The lowest BCUT2D eigenvalue weighted by molar-refractivity contribution is 0.0279. The molecule has 0 fully saturated rings. The van der Waals surface area contributed by atoms with Crippen LogP contribution in [0.1, 0.15) is 46.0 Å². The molecule has 1 heterocycles. The highest BCUT2D eigenvalue weighted by molar-refractivity contribution is 5.90. The molecule has 0 spiro atoms. The van der Waals surface area contributed by atoms with Gasteiger partial charge in [0.1, 0.15) is 0 Å². The van der Waals surface area contributed by atoms with Gasteiger partial charge in [0.05, 0.1) is 5.56 Å². The van der Waals surface area contributed by atoms with Crippen LogP contribution < -0.4 is 0 Å². The molecule has 0 saturated carbocycles. The third-order valence-corrected chi connectivity index (χ3v) is 3.83. The highest BCUT2D eigenvalue weighted by Gasteiger charge is 2.20. The van der Waals surface area contributed by atoms with Gasteiger partial charge in [-0.2, -0.15) is 0 Å². The standard InChI is InChI=1S/C20H20N2O3/c1-12-5-7-16(8-6-12)19-22-21-18(25-19)15(4)24-20(23)17-10-13(2)9-14(3)11-17/h5-11,15H,1-4H3/t15-/m1/s1. The van der Waals surface area contributed by atoms with E-state index in [9.17, 15) is 4.79 Å². The molecule has 1 aromatic heterocycles. The van der Waals surface area contributed by atoms with Crippen LogP contribution in [-0.2, 0) is 4.74 Å². The maximum atomic E-state index is 12.3. The first-order valence-electron chi connectivity index (χ1n) is 8.12. The Labute approximate surface area is 146 Å². The number of aryl methyl sites for hydroxylation is 3. The van der Waals surface area contributed by atoms with E-state index in [1.165, 1.54) is 0 Å². The van der Waals surface area contributed by atoms with Crippen molar-refractivity contribution in [3.63, 3.8) is 0 Å². The van der Waals surface area contributed by atoms with E-state index in [2.05, 4.69) is 10.2 Å². The fourth-order valence-corrected chi connectivity index (χ4v) is 2.58. The molecule has 0 bridgehead atoms. The fourth-order valence-electron chi connectivity index (χ4n) is 2.58. The maximum absolute atomic E-state index is 12.3. The van der Waals surface area contributed by atoms with Gasteiger partial charge in [0, 0.05) is 5.56 Å². The molecule has 3 rings (SSSR count). The van der Waals surface area contributed by atoms with Crippen molar-refractivity contribution in [2.75, 3.05) is 0 Å². The summed E-state index contributed by atoms with van der Waals surface area (Å²) in [6.07, 6.45) is -0.625. The average Bonchev–Trinajstić information content (AvgIpc) is 3.04. The Morgan fingerprint density at radius 2 is 1.60 bits per heavy atom. The second-order valence-electron chi connectivity index (χ2n) is 6.24. The Morgan fingerprint density at radius 1 is 0.960 bits per heavy atom. The van der Waals surface area contributed by atoms with Crippen molar-refractivity contribution in [2.45, 2.75) is 33.8 Å². The number of ether oxygens (including phenoxy) is 1. The topological polar surface area (TPSA) is 65.2 Å². The van der Waals surface area contributed by atoms with Crippen molar-refractivity contribution in [1.82, 2.24) is 10.2 Å². The zero-order valence-electron chi connectivity index (χ0n) is 14.7. The monoisotopic (exact) mass is 336 g/mol. The number of carbonyl (C=O) groups excluding carboxylic acids is 1. The number of hydrogen-bond donors (Lipinski definition) is 0. The van der Waals surface area contributed by atoms with Crippen LogP contribution >= 0.6 is 0 Å². The van der Waals surface area contributed by atoms with Crippen molar-refractivity contribution >= 4 is 5.97 Å². The second-order valence-corrected chi connectivity index (χ2v) is 6.24. The van der Waals surface area contributed by atoms with Crippen molar-refractivity contribution in [3.05, 3.63) is 70.6 Å². The van der Waals surface area contributed by atoms with E-state index in [-0.39, 0.29) is 5.89 Å². The number of aromatic nitrogens is 2. The minimum Gasteiger partial charge on any atom is -0.449 e. The summed E-state index contributed by atoms with van der Waals surface area (Å²) in [4.78, 5) is 12.3. The number of nitrogens with zero attached hydrogens (tertiary/aromatic N) is 2. The van der Waals surface area contributed by atoms with E-state index in [1.807, 2.05) is 51.1 Å². The summed E-state index contributed by atoms with van der Waals surface area (Å²) in [5, 5.41) is 8.04. The largest absolute Gasteiger partial charge is 0.449 e. The highest BCUT2D eigenvalue weighted by Crippen LogP contribution is 2.23. The third kappa shape index (κ3) is 3.94. The van der Waals surface area contributed by atoms with E-state index in [0.29, 0.717) is 11.5 Å². The Bertz CT molecular complexity index is 877. The molecule has 5 nitrogen and oxygen atoms in total. The van der Waals surface area contributed by atoms with E-state index in [0.717, 1.165) is 22.3 Å². The molecule has 0 saturated heterocycles. The average molecular weight is 336 g/mol. The van der Waals surface area contributed by atoms with Crippen LogP contribution in [0.5, 0.6) is 0 Å². The van der Waals surface area contributed by atoms with Crippen LogP contribution in [0.15, 0.2) is 46.9 Å². The molecule has 0 aliphatic carbocycles. The van der Waals surface area contributed by atoms with Gasteiger partial charge in [0.25, 0.3) is 5.89 Å². The van der Waals surface area contributed by atoms with Gasteiger partial charge in [-0.3, -0.25) is 0 Å². The Hall–Kier alpha value is -2.95. The summed E-state index contributed by atoms with van der Waals surface area (Å²) in [5.74, 6) is 0.270. The maximum Gasteiger partial charge on any atom is 0.338 e. The van der Waals surface area contributed by atoms with Crippen molar-refractivity contribution in [1.29, 1.82) is 0 Å². The quantitative estimate of drug-likeness (QED) is 0.652. The minimum atomic E-state index is -0.625. The molecule has 0 aliphatic heterocycles. The van der Waals surface area contributed by atoms with Gasteiger partial charge in [0.2, 0.25) is 5.89 Å². The van der Waals surface area contributed by atoms with E-state index < -0.39 is 12.1 Å². The first-order chi connectivity index (χ1) is 11.9. The van der Waals surface area contributed by atoms with E-state index >= 15 is 0 Å². The molecule has 2 aromatic carbocycles. The fraction of sp³-hybridized carbons (Fsp3) is 0.250. The van der Waals surface area contributed by atoms with Crippen molar-refractivity contribution < 1.29 is 13.9 Å². The van der Waals surface area contributed by atoms with Gasteiger partial charge in [-0.25, -0.2) is 4.79 Å². The third-order valence-electron chi connectivity index (χ3n) is 3.83. The molecule has 3 aromatic rings. The number of carbonyl (C=O) groups is 1. The van der Waals surface area contributed by atoms with Crippen molar-refractivity contribution in [2.24, 2.45) is 0 Å². The molecule has 25 heavy (non-hydrogen) atoms. The SMILES string of the molecule is Cc1ccc(-c2nnc([C@@H](C)OC(=O)c3cc(C)cc(C)c3)o2)cc1. The first-order valence-corrected chi connectivity index (χ1v) is 8.12. The smallest absolute Gasteiger partial charge is 0.338 e. The molecular weight excluding hydrogens is 316 g/mol. The van der Waals surface area contributed by atoms with E-state index in [4.69, 9.17) is 9.15 Å². The summed E-state index contributed by atoms with van der Waals surface area (Å²) in [7, 11) is 0. The molecular formula is C20H20N2O3. The zero-order valence-corrected chi connectivity index (χ0v) is 14.7. The summed E-state index contributed by atoms with van der Waals surface area (Å²) >= 11 is 0. The van der Waals surface area contributed by atoms with Crippen molar-refractivity contribution in [3.8, 4) is 11.5 Å². The molecule has 0 radical (unpaired) electrons. The lowest BCUT2D eigenvalue weighted by Crippen LogP contribution is -2.10. The lowest BCUT2D eigenvalue weighted by atomic mass is 10.1. The molecule has 128 valence electrons. The molecule has 0 aliphatic rings. The lowest BCUT2D eigenvalue weighted by Gasteiger charge is -2.10. The van der Waals surface area contributed by atoms with Crippen LogP contribution in [0.4, 0.5) is 0 Å². The molecule has 0 unspecified atom stereocenters. The number of esters is 1. The Kier molecular flexibility index (Phi) is 4.65. The number of hydrogen-bond acceptors (Lipinski definition) is 5. The van der Waals surface area contributed by atoms with Gasteiger partial charge in [-0.15, -0.1) is 10.2 Å². The summed E-state index contributed by atoms with van der Waals surface area (Å²) < 4.78 is 11.1. The predicted octanol–water partition coefficient (Wildman–Crippen LogP) is 4.58. The molecule has 1 atom stereocenters. The van der Waals surface area contributed by atoms with Crippen LogP contribution in [-0.4, -0.2) is 16.2 Å². The molecule has 0 N–H and O–H groups in total. The first kappa shape index (κ1) is 16.9. The van der Waals surface area contributed by atoms with Gasteiger partial charge in [-0.1, -0.05) is 34.9 Å². The van der Waals surface area contributed by atoms with Crippen LogP contribution in [0.2, 0.25) is 0 Å². The normalized spacial score (nSPS) is 12.0. The van der Waals surface area contributed by atoms with Gasteiger partial charge >= 0.3 is 5.97 Å². The summed E-state index contributed by atoms with van der Waals surface area (Å²) in [6.45, 7) is 7.61. The van der Waals surface area contributed by atoms with Gasteiger partial charge in [0.15, 0.2) is 6.10 Å². The predicted molar refractivity (Wildman–Crippen MR) is 94.2 cm³/mol. The van der Waals surface area contributed by atoms with E-state index in [1.54, 1.807) is 19.1 Å². The second kappa shape index (κ2) is 6.89. The van der Waals surface area contributed by atoms with Crippen LogP contribution in [0, 0.1) is 20.8 Å².